The fourth-order valence-corrected chi connectivity index (χ4v) is 3.12. The minimum atomic E-state index is -0.00766. The van der Waals surface area contributed by atoms with Gasteiger partial charge in [0.05, 0.1) is 13.7 Å². The van der Waals surface area contributed by atoms with Gasteiger partial charge in [0.25, 0.3) is 0 Å². The van der Waals surface area contributed by atoms with Crippen LogP contribution < -0.4 is 4.74 Å². The van der Waals surface area contributed by atoms with Crippen LogP contribution >= 0.6 is 0 Å². The second kappa shape index (κ2) is 4.72. The fourth-order valence-electron chi connectivity index (χ4n) is 3.12. The summed E-state index contributed by atoms with van der Waals surface area (Å²) in [7, 11) is 1.59. The molecule has 3 nitrogen and oxygen atoms in total. The Morgan fingerprint density at radius 2 is 1.85 bits per heavy atom. The van der Waals surface area contributed by atoms with Crippen molar-refractivity contribution in [3.05, 3.63) is 29.3 Å². The molecular weight excluding hydrogens is 252 g/mol. The number of methoxy groups -OCH3 is 1. The number of hydrogen-bond acceptors (Lipinski definition) is 3. The number of phenolic OH excluding ortho intramolecular Hbond substituents is 1. The molecule has 1 aromatic rings. The molecule has 0 atom stereocenters. The summed E-state index contributed by atoms with van der Waals surface area (Å²) in [6.45, 7) is 11.6. The summed E-state index contributed by atoms with van der Waals surface area (Å²) in [5.74, 6) is 1.69. The fraction of sp³-hybridized carbons (Fsp3) is 0.529. The van der Waals surface area contributed by atoms with E-state index in [9.17, 15) is 5.11 Å². The molecule has 20 heavy (non-hydrogen) atoms. The Bertz CT molecular complexity index is 548. The van der Waals surface area contributed by atoms with Crippen molar-refractivity contribution in [2.75, 3.05) is 13.7 Å². The molecule has 2 rings (SSSR count). The molecule has 0 bridgehead atoms. The lowest BCUT2D eigenvalue weighted by Gasteiger charge is -2.30. The summed E-state index contributed by atoms with van der Waals surface area (Å²) >= 11 is 0. The molecule has 110 valence electrons. The maximum atomic E-state index is 9.85. The van der Waals surface area contributed by atoms with E-state index < -0.39 is 0 Å². The van der Waals surface area contributed by atoms with Crippen LogP contribution in [-0.4, -0.2) is 18.8 Å². The highest BCUT2D eigenvalue weighted by Gasteiger charge is 2.41. The van der Waals surface area contributed by atoms with Gasteiger partial charge in [-0.05, 0) is 23.1 Å². The summed E-state index contributed by atoms with van der Waals surface area (Å²) in [6, 6.07) is 5.23. The van der Waals surface area contributed by atoms with Crippen LogP contribution in [0, 0.1) is 10.8 Å². The molecule has 0 amide bonds. The molecule has 1 N–H and O–H groups in total. The average molecular weight is 276 g/mol. The van der Waals surface area contributed by atoms with E-state index >= 15 is 0 Å². The molecule has 0 saturated carbocycles. The number of ether oxygens (including phenoxy) is 2. The van der Waals surface area contributed by atoms with E-state index in [2.05, 4.69) is 34.6 Å². The Kier molecular flexibility index (Phi) is 3.49. The Labute approximate surface area is 121 Å². The van der Waals surface area contributed by atoms with Crippen LogP contribution in [0.1, 0.15) is 40.2 Å². The number of phenols is 1. The van der Waals surface area contributed by atoms with Gasteiger partial charge < -0.3 is 14.6 Å². The van der Waals surface area contributed by atoms with Crippen LogP contribution in [0.4, 0.5) is 0 Å². The minimum absolute atomic E-state index is 0.00766. The standard InChI is InChI=1S/C17H24O3/c1-16(2,3)15-14(20-10-17(15,4)5)11-7-12(18)9-13(8-11)19-6/h7-9,18H,10H2,1-6H3. The van der Waals surface area contributed by atoms with Crippen molar-refractivity contribution in [1.82, 2.24) is 0 Å². The third kappa shape index (κ3) is 2.62. The smallest absolute Gasteiger partial charge is 0.127 e. The van der Waals surface area contributed by atoms with Crippen LogP contribution in [0.2, 0.25) is 0 Å². The van der Waals surface area contributed by atoms with Crippen molar-refractivity contribution in [3.8, 4) is 11.5 Å². The van der Waals surface area contributed by atoms with Crippen molar-refractivity contribution in [2.45, 2.75) is 34.6 Å². The molecule has 1 aliphatic heterocycles. The summed E-state index contributed by atoms with van der Waals surface area (Å²) < 4.78 is 11.2. The number of hydrogen-bond donors (Lipinski definition) is 1. The molecule has 1 heterocycles. The maximum Gasteiger partial charge on any atom is 0.127 e. The molecule has 0 fully saturated rings. The van der Waals surface area contributed by atoms with Crippen molar-refractivity contribution < 1.29 is 14.6 Å². The first-order valence-corrected chi connectivity index (χ1v) is 6.91. The predicted molar refractivity (Wildman–Crippen MR) is 80.8 cm³/mol. The van der Waals surface area contributed by atoms with Gasteiger partial charge in [-0.25, -0.2) is 0 Å². The molecule has 1 aromatic carbocycles. The SMILES string of the molecule is COc1cc(O)cc(C2=C(C(C)(C)C)C(C)(C)CO2)c1. The van der Waals surface area contributed by atoms with Gasteiger partial charge >= 0.3 is 0 Å². The van der Waals surface area contributed by atoms with E-state index in [0.29, 0.717) is 12.4 Å². The van der Waals surface area contributed by atoms with Gasteiger partial charge in [-0.15, -0.1) is 0 Å². The Morgan fingerprint density at radius 1 is 1.20 bits per heavy atom. The Morgan fingerprint density at radius 3 is 2.40 bits per heavy atom. The first-order valence-electron chi connectivity index (χ1n) is 6.91. The van der Waals surface area contributed by atoms with Crippen LogP contribution in [0.15, 0.2) is 23.8 Å². The van der Waals surface area contributed by atoms with Crippen molar-refractivity contribution >= 4 is 5.76 Å². The van der Waals surface area contributed by atoms with Crippen LogP contribution in [0.25, 0.3) is 5.76 Å². The maximum absolute atomic E-state index is 9.85. The van der Waals surface area contributed by atoms with Crippen molar-refractivity contribution in [1.29, 1.82) is 0 Å². The predicted octanol–water partition coefficient (Wildman–Crippen LogP) is 4.21. The van der Waals surface area contributed by atoms with E-state index in [1.54, 1.807) is 19.2 Å². The molecule has 0 spiro atoms. The topological polar surface area (TPSA) is 38.7 Å². The van der Waals surface area contributed by atoms with Crippen LogP contribution in [0.3, 0.4) is 0 Å². The van der Waals surface area contributed by atoms with Crippen LogP contribution in [0.5, 0.6) is 11.5 Å². The van der Waals surface area contributed by atoms with Crippen molar-refractivity contribution in [3.63, 3.8) is 0 Å². The third-order valence-electron chi connectivity index (χ3n) is 3.62. The molecule has 0 aliphatic carbocycles. The van der Waals surface area contributed by atoms with Crippen molar-refractivity contribution in [2.24, 2.45) is 10.8 Å². The van der Waals surface area contributed by atoms with E-state index in [4.69, 9.17) is 9.47 Å². The Balaban J connectivity index is 2.63. The zero-order valence-electron chi connectivity index (χ0n) is 13.2. The van der Waals surface area contributed by atoms with Gasteiger partial charge in [-0.2, -0.15) is 0 Å². The molecule has 0 aromatic heterocycles. The minimum Gasteiger partial charge on any atom is -0.508 e. The van der Waals surface area contributed by atoms with Gasteiger partial charge in [0, 0.05) is 17.0 Å². The molecule has 1 aliphatic rings. The first-order chi connectivity index (χ1) is 9.15. The number of rotatable bonds is 2. The quantitative estimate of drug-likeness (QED) is 0.879. The highest BCUT2D eigenvalue weighted by Crippen LogP contribution is 2.50. The summed E-state index contributed by atoms with van der Waals surface area (Å²) in [6.07, 6.45) is 0. The highest BCUT2D eigenvalue weighted by atomic mass is 16.5. The first kappa shape index (κ1) is 14.8. The normalized spacial score (nSPS) is 18.1. The highest BCUT2D eigenvalue weighted by molar-refractivity contribution is 5.69. The Hall–Kier alpha value is -1.64. The lowest BCUT2D eigenvalue weighted by Crippen LogP contribution is -2.24. The van der Waals surface area contributed by atoms with Gasteiger partial charge in [0.2, 0.25) is 0 Å². The molecule has 0 unspecified atom stereocenters. The largest absolute Gasteiger partial charge is 0.508 e. The van der Waals surface area contributed by atoms with Gasteiger partial charge in [0.1, 0.15) is 17.3 Å². The number of benzene rings is 1. The zero-order valence-corrected chi connectivity index (χ0v) is 13.2. The van der Waals surface area contributed by atoms with Gasteiger partial charge in [-0.3, -0.25) is 0 Å². The van der Waals surface area contributed by atoms with Gasteiger partial charge in [-0.1, -0.05) is 34.6 Å². The second-order valence-corrected chi connectivity index (χ2v) is 7.05. The van der Waals surface area contributed by atoms with E-state index in [0.717, 1.165) is 11.3 Å². The average Bonchev–Trinajstić information content (AvgIpc) is 2.63. The number of aromatic hydroxyl groups is 1. The molecular formula is C17H24O3. The summed E-state index contributed by atoms with van der Waals surface area (Å²) in [4.78, 5) is 0. The summed E-state index contributed by atoms with van der Waals surface area (Å²) in [5.41, 5.74) is 2.15. The lowest BCUT2D eigenvalue weighted by molar-refractivity contribution is 0.213. The summed E-state index contributed by atoms with van der Waals surface area (Å²) in [5, 5.41) is 9.85. The molecule has 0 saturated heterocycles. The third-order valence-corrected chi connectivity index (χ3v) is 3.62. The lowest BCUT2D eigenvalue weighted by atomic mass is 9.71. The van der Waals surface area contributed by atoms with E-state index in [-0.39, 0.29) is 16.6 Å². The monoisotopic (exact) mass is 276 g/mol. The zero-order chi connectivity index (χ0) is 15.1. The second-order valence-electron chi connectivity index (χ2n) is 7.05. The molecule has 0 radical (unpaired) electrons. The molecule has 3 heteroatoms. The van der Waals surface area contributed by atoms with Crippen LogP contribution in [-0.2, 0) is 4.74 Å². The van der Waals surface area contributed by atoms with E-state index in [1.165, 1.54) is 5.57 Å². The van der Waals surface area contributed by atoms with E-state index in [1.807, 2.05) is 6.07 Å². The van der Waals surface area contributed by atoms with Gasteiger partial charge in [0.15, 0.2) is 0 Å².